The molecule has 2 N–H and O–H groups in total. The van der Waals surface area contributed by atoms with E-state index in [2.05, 4.69) is 54.5 Å². The number of fused-ring (bicyclic) bond motifs is 7. The average Bonchev–Trinajstić information content (AvgIpc) is 2.68. The lowest BCUT2D eigenvalue weighted by Crippen LogP contribution is -2.64. The summed E-state index contributed by atoms with van der Waals surface area (Å²) in [4.78, 5) is 0. The summed E-state index contributed by atoms with van der Waals surface area (Å²) in [5.41, 5.74) is 10.7. The van der Waals surface area contributed by atoms with Crippen LogP contribution in [0.4, 0.5) is 0 Å². The monoisotopic (exact) mass is 411 g/mol. The lowest BCUT2D eigenvalue weighted by Gasteiger charge is -2.72. The van der Waals surface area contributed by atoms with Crippen molar-refractivity contribution in [3.05, 3.63) is 11.6 Å². The Morgan fingerprint density at radius 3 is 2.30 bits per heavy atom. The standard InChI is InChI=1S/C29H49N/c1-19-10-12-25(3)14-16-27(5)22(24(25)20(19)2)8-9-23-28(6)13-11-21(30)18-26(28,4)15-17-29(23,27)7/h8,19-21,23-24H,9-18,30H2,1-7H3/t19-,20+,21+,23?,24+,25-,26+,27-,28-,29-/m1/s1. The zero-order valence-corrected chi connectivity index (χ0v) is 21.1. The molecule has 1 nitrogen and oxygen atoms in total. The molecule has 4 fully saturated rings. The number of hydrogen-bond acceptors (Lipinski definition) is 1. The molecule has 0 aromatic carbocycles. The first-order valence-electron chi connectivity index (χ1n) is 13.4. The fourth-order valence-electron chi connectivity index (χ4n) is 10.4. The van der Waals surface area contributed by atoms with Crippen LogP contribution in [0.25, 0.3) is 0 Å². The Hall–Kier alpha value is -0.300. The second kappa shape index (κ2) is 6.39. The van der Waals surface area contributed by atoms with Crippen LogP contribution < -0.4 is 5.73 Å². The van der Waals surface area contributed by atoms with Crippen LogP contribution >= 0.6 is 0 Å². The van der Waals surface area contributed by atoms with Gasteiger partial charge in [0.25, 0.3) is 0 Å². The van der Waals surface area contributed by atoms with Gasteiger partial charge in [0.15, 0.2) is 0 Å². The highest BCUT2D eigenvalue weighted by Crippen LogP contribution is 2.76. The van der Waals surface area contributed by atoms with Crippen molar-refractivity contribution in [3.8, 4) is 0 Å². The molecule has 10 atom stereocenters. The first-order valence-corrected chi connectivity index (χ1v) is 13.4. The van der Waals surface area contributed by atoms with E-state index in [0.717, 1.165) is 23.7 Å². The largest absolute Gasteiger partial charge is 0.328 e. The maximum Gasteiger partial charge on any atom is 0.00444 e. The van der Waals surface area contributed by atoms with Gasteiger partial charge in [-0.05, 0) is 115 Å². The first-order chi connectivity index (χ1) is 13.9. The van der Waals surface area contributed by atoms with Gasteiger partial charge in [-0.3, -0.25) is 0 Å². The summed E-state index contributed by atoms with van der Waals surface area (Å²) < 4.78 is 0. The topological polar surface area (TPSA) is 26.0 Å². The summed E-state index contributed by atoms with van der Waals surface area (Å²) in [6.45, 7) is 18.5. The molecular weight excluding hydrogens is 362 g/mol. The van der Waals surface area contributed by atoms with Crippen molar-refractivity contribution < 1.29 is 0 Å². The Morgan fingerprint density at radius 1 is 0.833 bits per heavy atom. The molecule has 30 heavy (non-hydrogen) atoms. The van der Waals surface area contributed by atoms with Crippen molar-refractivity contribution in [2.24, 2.45) is 56.5 Å². The second-order valence-corrected chi connectivity index (χ2v) is 14.2. The predicted molar refractivity (Wildman–Crippen MR) is 128 cm³/mol. The molecule has 5 rings (SSSR count). The van der Waals surface area contributed by atoms with Gasteiger partial charge < -0.3 is 5.73 Å². The molecule has 5 aliphatic rings. The molecule has 4 saturated carbocycles. The molecule has 0 heterocycles. The van der Waals surface area contributed by atoms with Crippen LogP contribution in [-0.2, 0) is 0 Å². The van der Waals surface area contributed by atoms with Crippen molar-refractivity contribution >= 4 is 0 Å². The van der Waals surface area contributed by atoms with Crippen molar-refractivity contribution in [3.63, 3.8) is 0 Å². The van der Waals surface area contributed by atoms with Crippen LogP contribution in [0.1, 0.15) is 113 Å². The minimum absolute atomic E-state index is 0.398. The third-order valence-corrected chi connectivity index (χ3v) is 13.2. The van der Waals surface area contributed by atoms with Crippen LogP contribution in [0.5, 0.6) is 0 Å². The van der Waals surface area contributed by atoms with E-state index in [1.807, 2.05) is 5.57 Å². The first kappa shape index (κ1) is 21.5. The van der Waals surface area contributed by atoms with Crippen molar-refractivity contribution in [1.29, 1.82) is 0 Å². The summed E-state index contributed by atoms with van der Waals surface area (Å²) in [6.07, 6.45) is 16.6. The van der Waals surface area contributed by atoms with Crippen molar-refractivity contribution in [1.82, 2.24) is 0 Å². The molecule has 0 radical (unpaired) electrons. The molecule has 0 bridgehead atoms. The smallest absolute Gasteiger partial charge is 0.00444 e. The highest BCUT2D eigenvalue weighted by molar-refractivity contribution is 5.34. The minimum atomic E-state index is 0.398. The summed E-state index contributed by atoms with van der Waals surface area (Å²) in [7, 11) is 0. The Balaban J connectivity index is 1.60. The van der Waals surface area contributed by atoms with Crippen LogP contribution in [0.2, 0.25) is 0 Å². The molecule has 0 spiro atoms. The molecule has 0 aromatic rings. The zero-order chi connectivity index (χ0) is 21.7. The fourth-order valence-corrected chi connectivity index (χ4v) is 10.4. The van der Waals surface area contributed by atoms with Gasteiger partial charge in [-0.15, -0.1) is 0 Å². The van der Waals surface area contributed by atoms with Crippen LogP contribution in [0.15, 0.2) is 11.6 Å². The SMILES string of the molecule is C[C@H]1[C@H](C)CC[C@]2(C)CC[C@]3(C)C(=CCC4[C@@]5(C)CC[C@H](N)C[C@]5(C)CC[C@]43C)[C@H]12. The summed E-state index contributed by atoms with van der Waals surface area (Å²) in [5, 5.41) is 0. The number of hydrogen-bond donors (Lipinski definition) is 1. The third-order valence-electron chi connectivity index (χ3n) is 13.2. The van der Waals surface area contributed by atoms with E-state index in [-0.39, 0.29) is 0 Å². The predicted octanol–water partition coefficient (Wildman–Crippen LogP) is 7.75. The van der Waals surface area contributed by atoms with Crippen LogP contribution in [0, 0.1) is 50.7 Å². The molecule has 0 aromatic heterocycles. The highest BCUT2D eigenvalue weighted by atomic mass is 14.8. The third kappa shape index (κ3) is 2.45. The summed E-state index contributed by atoms with van der Waals surface area (Å²) in [6, 6.07) is 0.428. The molecule has 0 saturated heterocycles. The lowest BCUT2D eigenvalue weighted by molar-refractivity contribution is -0.190. The van der Waals surface area contributed by atoms with E-state index in [4.69, 9.17) is 5.73 Å². The number of rotatable bonds is 0. The highest BCUT2D eigenvalue weighted by Gasteiger charge is 2.68. The fraction of sp³-hybridized carbons (Fsp3) is 0.931. The average molecular weight is 412 g/mol. The normalized spacial score (nSPS) is 60.5. The number of nitrogens with two attached hydrogens (primary N) is 1. The number of allylic oxidation sites excluding steroid dienone is 2. The van der Waals surface area contributed by atoms with Gasteiger partial charge in [0.05, 0.1) is 0 Å². The second-order valence-electron chi connectivity index (χ2n) is 14.2. The van der Waals surface area contributed by atoms with E-state index in [9.17, 15) is 0 Å². The Bertz CT molecular complexity index is 753. The van der Waals surface area contributed by atoms with E-state index in [1.165, 1.54) is 64.2 Å². The molecule has 1 heteroatoms. The van der Waals surface area contributed by atoms with E-state index >= 15 is 0 Å². The van der Waals surface area contributed by atoms with Gasteiger partial charge >= 0.3 is 0 Å². The molecule has 0 amide bonds. The zero-order valence-electron chi connectivity index (χ0n) is 21.1. The van der Waals surface area contributed by atoms with Gasteiger partial charge in [0.1, 0.15) is 0 Å². The van der Waals surface area contributed by atoms with E-state index in [0.29, 0.717) is 33.1 Å². The summed E-state index contributed by atoms with van der Waals surface area (Å²) in [5.74, 6) is 3.36. The minimum Gasteiger partial charge on any atom is -0.328 e. The van der Waals surface area contributed by atoms with Crippen molar-refractivity contribution in [2.45, 2.75) is 119 Å². The van der Waals surface area contributed by atoms with Gasteiger partial charge in [0, 0.05) is 6.04 Å². The molecule has 1 unspecified atom stereocenters. The molecule has 0 aliphatic heterocycles. The van der Waals surface area contributed by atoms with E-state index < -0.39 is 0 Å². The van der Waals surface area contributed by atoms with Gasteiger partial charge in [0.2, 0.25) is 0 Å². The molecule has 5 aliphatic carbocycles. The Labute approximate surface area is 187 Å². The Kier molecular flexibility index (Phi) is 4.59. The van der Waals surface area contributed by atoms with E-state index in [1.54, 1.807) is 0 Å². The maximum atomic E-state index is 6.52. The van der Waals surface area contributed by atoms with Gasteiger partial charge in [-0.2, -0.15) is 0 Å². The molecule has 170 valence electrons. The summed E-state index contributed by atoms with van der Waals surface area (Å²) >= 11 is 0. The quantitative estimate of drug-likeness (QED) is 0.405. The maximum absolute atomic E-state index is 6.52. The lowest BCUT2D eigenvalue weighted by atomic mass is 9.32. The van der Waals surface area contributed by atoms with Gasteiger partial charge in [-0.25, -0.2) is 0 Å². The van der Waals surface area contributed by atoms with Gasteiger partial charge in [-0.1, -0.05) is 60.1 Å². The molecular formula is C29H49N. The van der Waals surface area contributed by atoms with Crippen LogP contribution in [0.3, 0.4) is 0 Å². The Morgan fingerprint density at radius 2 is 1.57 bits per heavy atom. The van der Waals surface area contributed by atoms with Crippen molar-refractivity contribution in [2.75, 3.05) is 0 Å². The van der Waals surface area contributed by atoms with Crippen LogP contribution in [-0.4, -0.2) is 6.04 Å².